The van der Waals surface area contributed by atoms with Gasteiger partial charge in [0.15, 0.2) is 0 Å². The van der Waals surface area contributed by atoms with Crippen molar-refractivity contribution >= 4 is 5.97 Å². The average Bonchev–Trinajstić information content (AvgIpc) is 2.89. The summed E-state index contributed by atoms with van der Waals surface area (Å²) in [6.45, 7) is 3.91. The highest BCUT2D eigenvalue weighted by Gasteiger charge is 2.30. The first-order valence-corrected chi connectivity index (χ1v) is 5.53. The SMILES string of the molecule is COC(=O)c1nnc(C(C)(C)c2ccccc2)o1. The number of hydrogen-bond donors (Lipinski definition) is 0. The molecule has 0 saturated heterocycles. The van der Waals surface area contributed by atoms with Gasteiger partial charge in [0.2, 0.25) is 5.89 Å². The number of benzene rings is 1. The lowest BCUT2D eigenvalue weighted by molar-refractivity contribution is 0.0552. The van der Waals surface area contributed by atoms with E-state index in [1.807, 2.05) is 44.2 Å². The quantitative estimate of drug-likeness (QED) is 0.776. The van der Waals surface area contributed by atoms with E-state index >= 15 is 0 Å². The Balaban J connectivity index is 2.36. The molecular weight excluding hydrogens is 232 g/mol. The number of methoxy groups -OCH3 is 1. The minimum absolute atomic E-state index is 0.128. The lowest BCUT2D eigenvalue weighted by atomic mass is 9.85. The third-order valence-electron chi connectivity index (χ3n) is 2.82. The predicted octanol–water partition coefficient (Wildman–Crippen LogP) is 2.18. The second-order valence-electron chi connectivity index (χ2n) is 4.39. The summed E-state index contributed by atoms with van der Waals surface area (Å²) in [6.07, 6.45) is 0. The van der Waals surface area contributed by atoms with E-state index in [0.717, 1.165) is 5.56 Å². The first-order valence-electron chi connectivity index (χ1n) is 5.53. The standard InChI is InChI=1S/C13H14N2O3/c1-13(2,9-7-5-4-6-8-9)12-15-14-10(18-12)11(16)17-3/h4-8H,1-3H3. The fraction of sp³-hybridized carbons (Fsp3) is 0.308. The van der Waals surface area contributed by atoms with Crippen LogP contribution in [0, 0.1) is 0 Å². The Kier molecular flexibility index (Phi) is 3.14. The summed E-state index contributed by atoms with van der Waals surface area (Å²) in [5, 5.41) is 7.60. The van der Waals surface area contributed by atoms with E-state index in [1.165, 1.54) is 7.11 Å². The van der Waals surface area contributed by atoms with Gasteiger partial charge in [-0.15, -0.1) is 10.2 Å². The summed E-state index contributed by atoms with van der Waals surface area (Å²) in [4.78, 5) is 11.3. The van der Waals surface area contributed by atoms with Crippen molar-refractivity contribution in [2.45, 2.75) is 19.3 Å². The number of carbonyl (C=O) groups excluding carboxylic acids is 1. The lowest BCUT2D eigenvalue weighted by Crippen LogP contribution is -2.19. The molecule has 0 aliphatic heterocycles. The third kappa shape index (κ3) is 2.11. The number of carbonyl (C=O) groups is 1. The van der Waals surface area contributed by atoms with Gasteiger partial charge in [-0.25, -0.2) is 4.79 Å². The van der Waals surface area contributed by atoms with E-state index in [9.17, 15) is 4.79 Å². The number of rotatable bonds is 3. The summed E-state index contributed by atoms with van der Waals surface area (Å²) >= 11 is 0. The summed E-state index contributed by atoms with van der Waals surface area (Å²) in [5.41, 5.74) is 0.575. The molecule has 0 aliphatic carbocycles. The number of hydrogen-bond acceptors (Lipinski definition) is 5. The first kappa shape index (κ1) is 12.3. The number of esters is 1. The van der Waals surface area contributed by atoms with Gasteiger partial charge in [-0.2, -0.15) is 0 Å². The van der Waals surface area contributed by atoms with Gasteiger partial charge in [-0.1, -0.05) is 30.3 Å². The molecule has 0 unspecified atom stereocenters. The molecule has 0 saturated carbocycles. The van der Waals surface area contributed by atoms with Crippen LogP contribution in [0.25, 0.3) is 0 Å². The molecule has 1 aromatic carbocycles. The van der Waals surface area contributed by atoms with Gasteiger partial charge in [0.1, 0.15) is 0 Å². The van der Waals surface area contributed by atoms with E-state index in [1.54, 1.807) is 0 Å². The minimum Gasteiger partial charge on any atom is -0.462 e. The number of aromatic nitrogens is 2. The average molecular weight is 246 g/mol. The lowest BCUT2D eigenvalue weighted by Gasteiger charge is -2.20. The third-order valence-corrected chi connectivity index (χ3v) is 2.82. The van der Waals surface area contributed by atoms with Crippen molar-refractivity contribution in [2.24, 2.45) is 0 Å². The van der Waals surface area contributed by atoms with E-state index < -0.39 is 11.4 Å². The molecule has 0 radical (unpaired) electrons. The van der Waals surface area contributed by atoms with Crippen LogP contribution in [0.3, 0.4) is 0 Å². The van der Waals surface area contributed by atoms with Crippen LogP contribution >= 0.6 is 0 Å². The largest absolute Gasteiger partial charge is 0.462 e. The second-order valence-corrected chi connectivity index (χ2v) is 4.39. The fourth-order valence-corrected chi connectivity index (χ4v) is 1.62. The van der Waals surface area contributed by atoms with Crippen molar-refractivity contribution in [3.8, 4) is 0 Å². The van der Waals surface area contributed by atoms with E-state index in [0.29, 0.717) is 5.89 Å². The Bertz CT molecular complexity index is 546. The van der Waals surface area contributed by atoms with Gasteiger partial charge in [-0.05, 0) is 19.4 Å². The molecule has 18 heavy (non-hydrogen) atoms. The molecule has 0 fully saturated rings. The maximum Gasteiger partial charge on any atom is 0.396 e. The molecular formula is C13H14N2O3. The van der Waals surface area contributed by atoms with Crippen molar-refractivity contribution in [1.29, 1.82) is 0 Å². The maximum atomic E-state index is 11.3. The highest BCUT2D eigenvalue weighted by Crippen LogP contribution is 2.30. The molecule has 94 valence electrons. The minimum atomic E-state index is -0.627. The summed E-state index contributed by atoms with van der Waals surface area (Å²) < 4.78 is 9.89. The van der Waals surface area contributed by atoms with Crippen LogP contribution in [0.4, 0.5) is 0 Å². The zero-order valence-corrected chi connectivity index (χ0v) is 10.5. The highest BCUT2D eigenvalue weighted by atomic mass is 16.5. The maximum absolute atomic E-state index is 11.3. The second kappa shape index (κ2) is 4.60. The summed E-state index contributed by atoms with van der Waals surface area (Å²) in [5.74, 6) is -0.372. The molecule has 0 amide bonds. The topological polar surface area (TPSA) is 65.2 Å². The zero-order chi connectivity index (χ0) is 13.2. The monoisotopic (exact) mass is 246 g/mol. The van der Waals surface area contributed by atoms with E-state index in [-0.39, 0.29) is 5.89 Å². The van der Waals surface area contributed by atoms with Gasteiger partial charge in [-0.3, -0.25) is 0 Å². The molecule has 2 rings (SSSR count). The summed E-state index contributed by atoms with van der Waals surface area (Å²) in [6, 6.07) is 9.76. The van der Waals surface area contributed by atoms with Crippen molar-refractivity contribution < 1.29 is 13.9 Å². The molecule has 5 nitrogen and oxygen atoms in total. The van der Waals surface area contributed by atoms with Gasteiger partial charge < -0.3 is 9.15 Å². The van der Waals surface area contributed by atoms with Gasteiger partial charge >= 0.3 is 11.9 Å². The molecule has 2 aromatic rings. The molecule has 0 aliphatic rings. The number of ether oxygens (including phenoxy) is 1. The Morgan fingerprint density at radius 1 is 1.22 bits per heavy atom. The van der Waals surface area contributed by atoms with Crippen LogP contribution in [0.15, 0.2) is 34.7 Å². The van der Waals surface area contributed by atoms with Gasteiger partial charge in [0, 0.05) is 0 Å². The zero-order valence-electron chi connectivity index (χ0n) is 10.5. The number of nitrogens with zero attached hydrogens (tertiary/aromatic N) is 2. The molecule has 0 bridgehead atoms. The Labute approximate surface area is 105 Å². The van der Waals surface area contributed by atoms with Crippen LogP contribution in [-0.2, 0) is 10.2 Å². The van der Waals surface area contributed by atoms with Crippen LogP contribution in [-0.4, -0.2) is 23.3 Å². The summed E-state index contributed by atoms with van der Waals surface area (Å²) in [7, 11) is 1.27. The van der Waals surface area contributed by atoms with Gasteiger partial charge in [0.05, 0.1) is 12.5 Å². The van der Waals surface area contributed by atoms with Crippen molar-refractivity contribution in [2.75, 3.05) is 7.11 Å². The van der Waals surface area contributed by atoms with Crippen molar-refractivity contribution in [3.05, 3.63) is 47.7 Å². The molecule has 1 heterocycles. The normalized spacial score (nSPS) is 11.3. The van der Waals surface area contributed by atoms with Crippen molar-refractivity contribution in [1.82, 2.24) is 10.2 Å². The van der Waals surface area contributed by atoms with E-state index in [4.69, 9.17) is 4.42 Å². The Morgan fingerprint density at radius 3 is 2.50 bits per heavy atom. The van der Waals surface area contributed by atoms with Crippen LogP contribution in [0.5, 0.6) is 0 Å². The highest BCUT2D eigenvalue weighted by molar-refractivity contribution is 5.83. The van der Waals surface area contributed by atoms with Crippen molar-refractivity contribution in [3.63, 3.8) is 0 Å². The Morgan fingerprint density at radius 2 is 1.89 bits per heavy atom. The van der Waals surface area contributed by atoms with Gasteiger partial charge in [0.25, 0.3) is 0 Å². The van der Waals surface area contributed by atoms with Crippen LogP contribution in [0.1, 0.15) is 36.0 Å². The molecule has 0 N–H and O–H groups in total. The van der Waals surface area contributed by atoms with Crippen LogP contribution in [0.2, 0.25) is 0 Å². The molecule has 0 atom stereocenters. The molecule has 1 aromatic heterocycles. The molecule has 5 heteroatoms. The predicted molar refractivity (Wildman–Crippen MR) is 64.2 cm³/mol. The smallest absolute Gasteiger partial charge is 0.396 e. The first-order chi connectivity index (χ1) is 8.55. The van der Waals surface area contributed by atoms with Crippen LogP contribution < -0.4 is 0 Å². The fourth-order valence-electron chi connectivity index (χ4n) is 1.62. The molecule has 0 spiro atoms. The Hall–Kier alpha value is -2.17. The van der Waals surface area contributed by atoms with E-state index in [2.05, 4.69) is 14.9 Å².